The van der Waals surface area contributed by atoms with E-state index in [-0.39, 0.29) is 11.2 Å². The number of nitrogens with zero attached hydrogens (tertiary/aromatic N) is 2. The molecule has 3 N–H and O–H groups in total. The van der Waals surface area contributed by atoms with Crippen LogP contribution >= 0.6 is 11.8 Å². The molecule has 0 aliphatic rings. The van der Waals surface area contributed by atoms with Gasteiger partial charge < -0.3 is 10.4 Å². The van der Waals surface area contributed by atoms with Crippen molar-refractivity contribution in [3.05, 3.63) is 28.2 Å². The van der Waals surface area contributed by atoms with Crippen LogP contribution in [0.25, 0.3) is 5.65 Å². The number of carbonyl (C=O) groups is 2. The summed E-state index contributed by atoms with van der Waals surface area (Å²) in [5, 5.41) is 14.2. The molecule has 0 radical (unpaired) electrons. The number of carboxylic acids is 1. The van der Waals surface area contributed by atoms with Crippen LogP contribution in [0.4, 0.5) is 0 Å². The van der Waals surface area contributed by atoms with E-state index in [0.29, 0.717) is 17.2 Å². The van der Waals surface area contributed by atoms with E-state index in [1.807, 2.05) is 6.92 Å². The molecule has 0 unspecified atom stereocenters. The zero-order chi connectivity index (χ0) is 17.5. The maximum Gasteiger partial charge on any atom is 0.322 e. The van der Waals surface area contributed by atoms with Gasteiger partial charge in [-0.15, -0.1) is 23.6 Å². The number of aromatic nitrogens is 3. The highest BCUT2D eigenvalue weighted by molar-refractivity contribution is 7.99. The molecule has 0 fully saturated rings. The predicted molar refractivity (Wildman–Crippen MR) is 89.2 cm³/mol. The zero-order valence-corrected chi connectivity index (χ0v) is 13.8. The van der Waals surface area contributed by atoms with E-state index in [1.165, 1.54) is 28.7 Å². The number of nitrogens with one attached hydrogen (secondary N) is 2. The summed E-state index contributed by atoms with van der Waals surface area (Å²) in [6.07, 6.45) is 2.85. The highest BCUT2D eigenvalue weighted by Gasteiger charge is 2.19. The van der Waals surface area contributed by atoms with E-state index in [4.69, 9.17) is 5.11 Å². The van der Waals surface area contributed by atoms with Gasteiger partial charge in [0.15, 0.2) is 11.1 Å². The number of thioether (sulfide) groups is 1. The summed E-state index contributed by atoms with van der Waals surface area (Å²) in [5.74, 6) is 4.72. The van der Waals surface area contributed by atoms with E-state index < -0.39 is 23.9 Å². The number of aromatic amines is 1. The van der Waals surface area contributed by atoms with Crippen LogP contribution in [-0.4, -0.2) is 43.9 Å². The van der Waals surface area contributed by atoms with Crippen LogP contribution in [0.3, 0.4) is 0 Å². The molecule has 2 aromatic heterocycles. The number of fused-ring (bicyclic) bond motifs is 1. The minimum absolute atomic E-state index is 0.160. The summed E-state index contributed by atoms with van der Waals surface area (Å²) >= 11 is 1.42. The molecule has 8 nitrogen and oxygen atoms in total. The minimum atomic E-state index is -1.19. The van der Waals surface area contributed by atoms with Gasteiger partial charge in [0.2, 0.25) is 0 Å². The molecule has 0 saturated heterocycles. The minimum Gasteiger partial charge on any atom is -0.480 e. The van der Waals surface area contributed by atoms with Crippen molar-refractivity contribution in [3.8, 4) is 11.8 Å². The van der Waals surface area contributed by atoms with Crippen LogP contribution in [0.5, 0.6) is 0 Å². The van der Waals surface area contributed by atoms with Gasteiger partial charge in [-0.2, -0.15) is 0 Å². The third-order valence-corrected chi connectivity index (χ3v) is 3.94. The topological polar surface area (TPSA) is 117 Å². The van der Waals surface area contributed by atoms with E-state index in [9.17, 15) is 14.4 Å². The first-order valence-electron chi connectivity index (χ1n) is 7.22. The SMILES string of the molecule is CCC#CCCSc1cc(=O)c(C(=O)NCC(=O)O)c2nc[nH]n12. The number of pyridine rings is 1. The second-order valence-electron chi connectivity index (χ2n) is 4.65. The molecule has 2 rings (SSSR count). The molecular weight excluding hydrogens is 332 g/mol. The summed E-state index contributed by atoms with van der Waals surface area (Å²) in [4.78, 5) is 38.9. The standard InChI is InChI=1S/C15H16N4O4S/c1-2-3-4-5-6-24-11-7-10(20)13(14-17-9-18-19(11)14)15(23)16-8-12(21)22/h7,9H,2,5-6,8H2,1H3,(H,16,23)(H,17,18)(H,21,22). The second-order valence-corrected chi connectivity index (χ2v) is 5.77. The number of carbonyl (C=O) groups excluding carboxylic acids is 1. The molecule has 126 valence electrons. The van der Waals surface area contributed by atoms with Crippen LogP contribution in [0.15, 0.2) is 22.2 Å². The summed E-state index contributed by atoms with van der Waals surface area (Å²) in [7, 11) is 0. The maximum absolute atomic E-state index is 12.3. The molecule has 0 aliphatic heterocycles. The molecule has 0 saturated carbocycles. The Bertz CT molecular complexity index is 875. The third kappa shape index (κ3) is 4.17. The van der Waals surface area contributed by atoms with Gasteiger partial charge in [-0.3, -0.25) is 19.5 Å². The molecule has 0 aliphatic carbocycles. The van der Waals surface area contributed by atoms with Gasteiger partial charge in [0.25, 0.3) is 5.91 Å². The Kier molecular flexibility index (Phi) is 6.03. The summed E-state index contributed by atoms with van der Waals surface area (Å²) < 4.78 is 1.52. The number of aliphatic carboxylic acids is 1. The molecule has 2 aromatic rings. The van der Waals surface area contributed by atoms with E-state index in [1.54, 1.807) is 0 Å². The van der Waals surface area contributed by atoms with Crippen molar-refractivity contribution in [3.63, 3.8) is 0 Å². The quantitative estimate of drug-likeness (QED) is 0.403. The van der Waals surface area contributed by atoms with Gasteiger partial charge in [-0.05, 0) is 0 Å². The van der Waals surface area contributed by atoms with E-state index in [0.717, 1.165) is 6.42 Å². The number of H-pyrrole nitrogens is 1. The van der Waals surface area contributed by atoms with Crippen LogP contribution in [0.2, 0.25) is 0 Å². The Balaban J connectivity index is 2.27. The van der Waals surface area contributed by atoms with Crippen molar-refractivity contribution in [2.75, 3.05) is 12.3 Å². The zero-order valence-electron chi connectivity index (χ0n) is 13.0. The fraction of sp³-hybridized carbons (Fsp3) is 0.333. The van der Waals surface area contributed by atoms with E-state index in [2.05, 4.69) is 27.2 Å². The molecular formula is C15H16N4O4S. The lowest BCUT2D eigenvalue weighted by Crippen LogP contribution is -2.33. The van der Waals surface area contributed by atoms with Crippen molar-refractivity contribution < 1.29 is 14.7 Å². The number of amides is 1. The highest BCUT2D eigenvalue weighted by atomic mass is 32.2. The average Bonchev–Trinajstić information content (AvgIpc) is 3.01. The second kappa shape index (κ2) is 8.21. The summed E-state index contributed by atoms with van der Waals surface area (Å²) in [6, 6.07) is 1.33. The van der Waals surface area contributed by atoms with Crippen LogP contribution < -0.4 is 10.7 Å². The van der Waals surface area contributed by atoms with Crippen molar-refractivity contribution in [1.82, 2.24) is 19.9 Å². The van der Waals surface area contributed by atoms with Crippen LogP contribution in [0, 0.1) is 11.8 Å². The van der Waals surface area contributed by atoms with Gasteiger partial charge in [0.1, 0.15) is 23.5 Å². The fourth-order valence-electron chi connectivity index (χ4n) is 1.95. The molecule has 1 amide bonds. The number of rotatable bonds is 6. The Hall–Kier alpha value is -2.73. The normalized spacial score (nSPS) is 10.2. The predicted octanol–water partition coefficient (Wildman–Crippen LogP) is 0.733. The Morgan fingerprint density at radius 1 is 1.46 bits per heavy atom. The molecule has 0 aromatic carbocycles. The van der Waals surface area contributed by atoms with Crippen molar-refractivity contribution >= 4 is 29.3 Å². The summed E-state index contributed by atoms with van der Waals surface area (Å²) in [5.41, 5.74) is -0.535. The number of hydrogen-bond acceptors (Lipinski definition) is 5. The first-order chi connectivity index (χ1) is 11.5. The fourth-order valence-corrected chi connectivity index (χ4v) is 2.83. The van der Waals surface area contributed by atoms with Crippen molar-refractivity contribution in [1.29, 1.82) is 0 Å². The van der Waals surface area contributed by atoms with Gasteiger partial charge in [-0.25, -0.2) is 9.50 Å². The monoisotopic (exact) mass is 348 g/mol. The van der Waals surface area contributed by atoms with Gasteiger partial charge in [-0.1, -0.05) is 6.92 Å². The smallest absolute Gasteiger partial charge is 0.322 e. The van der Waals surface area contributed by atoms with Gasteiger partial charge in [0, 0.05) is 24.7 Å². The first kappa shape index (κ1) is 17.6. The van der Waals surface area contributed by atoms with Gasteiger partial charge in [0.05, 0.1) is 0 Å². The molecule has 2 heterocycles. The number of carboxylic acid groups (broad SMARTS) is 1. The lowest BCUT2D eigenvalue weighted by atomic mass is 10.2. The van der Waals surface area contributed by atoms with Crippen molar-refractivity contribution in [2.24, 2.45) is 0 Å². The first-order valence-corrected chi connectivity index (χ1v) is 8.20. The van der Waals surface area contributed by atoms with E-state index >= 15 is 0 Å². The molecule has 0 bridgehead atoms. The van der Waals surface area contributed by atoms with Crippen molar-refractivity contribution in [2.45, 2.75) is 24.8 Å². The number of hydrogen-bond donors (Lipinski definition) is 3. The largest absolute Gasteiger partial charge is 0.480 e. The van der Waals surface area contributed by atoms with Gasteiger partial charge >= 0.3 is 5.97 Å². The summed E-state index contributed by atoms with van der Waals surface area (Å²) in [6.45, 7) is 1.41. The lowest BCUT2D eigenvalue weighted by molar-refractivity contribution is -0.135. The Labute approximate surface area is 141 Å². The van der Waals surface area contributed by atoms with Crippen LogP contribution in [0.1, 0.15) is 30.1 Å². The third-order valence-electron chi connectivity index (χ3n) is 2.94. The average molecular weight is 348 g/mol. The Morgan fingerprint density at radius 2 is 2.25 bits per heavy atom. The molecule has 24 heavy (non-hydrogen) atoms. The lowest BCUT2D eigenvalue weighted by Gasteiger charge is -2.07. The molecule has 0 atom stereocenters. The Morgan fingerprint density at radius 3 is 2.96 bits per heavy atom. The molecule has 0 spiro atoms. The molecule has 9 heteroatoms. The maximum atomic E-state index is 12.3. The van der Waals surface area contributed by atoms with Crippen LogP contribution in [-0.2, 0) is 4.79 Å². The highest BCUT2D eigenvalue weighted by Crippen LogP contribution is 2.19.